The van der Waals surface area contributed by atoms with E-state index in [-0.39, 0.29) is 12.9 Å². The molecule has 2 saturated carbocycles. The number of halogens is 1. The van der Waals surface area contributed by atoms with Crippen LogP contribution in [-0.2, 0) is 16.0 Å². The zero-order valence-corrected chi connectivity index (χ0v) is 29.4. The van der Waals surface area contributed by atoms with Gasteiger partial charge < -0.3 is 19.6 Å². The Morgan fingerprint density at radius 3 is 2.49 bits per heavy atom. The monoisotopic (exact) mass is 638 g/mol. The third-order valence-corrected chi connectivity index (χ3v) is 12.3. The third-order valence-electron chi connectivity index (χ3n) is 11.1. The van der Waals surface area contributed by atoms with Crippen LogP contribution in [0.1, 0.15) is 102 Å². The fourth-order valence-corrected chi connectivity index (χ4v) is 9.40. The van der Waals surface area contributed by atoms with Crippen LogP contribution in [-0.4, -0.2) is 89.8 Å². The predicted octanol–water partition coefficient (Wildman–Crippen LogP) is 7.56. The molecule has 248 valence electrons. The van der Waals surface area contributed by atoms with Gasteiger partial charge in [-0.2, -0.15) is 0 Å². The number of nitrogens with zero attached hydrogens (tertiary/aromatic N) is 2. The normalized spacial score (nSPS) is 27.7. The van der Waals surface area contributed by atoms with E-state index in [9.17, 15) is 4.39 Å². The van der Waals surface area contributed by atoms with E-state index >= 15 is 0 Å². The highest BCUT2D eigenvalue weighted by Crippen LogP contribution is 2.61. The standard InChI is InChI=1S/C26H40N2O.C9H15B2FS.CH2O2/c1-26-14-11-22-21-8-6-20(28-15-12-19(13-16-28)27(2)3)17-18(21)5-7-23(22)24(26)9-10-25(26)29-4;1-3-8(2)13-7-5-4-6-9(10,11)12;2-1-3/h6,8,17,19,22-25H,5,7,9-16H2,1-4H3;2-7H2,1H3;1H,(H,2,3). The first-order chi connectivity index (χ1) is 21.4. The maximum atomic E-state index is 12.6. The van der Waals surface area contributed by atoms with Gasteiger partial charge >= 0.3 is 0 Å². The summed E-state index contributed by atoms with van der Waals surface area (Å²) < 4.78 is 18.5. The second-order valence-corrected chi connectivity index (χ2v) is 15.3. The minimum Gasteiger partial charge on any atom is -0.483 e. The highest BCUT2D eigenvalue weighted by molar-refractivity contribution is 8.03. The van der Waals surface area contributed by atoms with Gasteiger partial charge in [0.15, 0.2) is 0 Å². The molecule has 3 fully saturated rings. The number of piperidine rings is 1. The van der Waals surface area contributed by atoms with E-state index in [1.807, 2.05) is 7.11 Å². The van der Waals surface area contributed by atoms with Crippen LogP contribution in [0.3, 0.4) is 0 Å². The van der Waals surface area contributed by atoms with Crippen LogP contribution in [0.4, 0.5) is 10.1 Å². The number of carboxylic acid groups (broad SMARTS) is 1. The lowest BCUT2D eigenvalue weighted by Crippen LogP contribution is -2.44. The van der Waals surface area contributed by atoms with Crippen LogP contribution >= 0.6 is 11.8 Å². The molecule has 4 aliphatic rings. The van der Waals surface area contributed by atoms with Crippen LogP contribution in [0.25, 0.3) is 0 Å². The second-order valence-electron chi connectivity index (χ2n) is 14.1. The number of anilines is 1. The van der Waals surface area contributed by atoms with Crippen LogP contribution in [0.15, 0.2) is 29.7 Å². The Bertz CT molecular complexity index is 1080. The van der Waals surface area contributed by atoms with Gasteiger partial charge in [0.1, 0.15) is 15.7 Å². The third kappa shape index (κ3) is 10.3. The van der Waals surface area contributed by atoms with Gasteiger partial charge in [-0.25, -0.2) is 0 Å². The number of rotatable bonds is 10. The van der Waals surface area contributed by atoms with E-state index in [2.05, 4.69) is 62.5 Å². The van der Waals surface area contributed by atoms with E-state index in [4.69, 9.17) is 30.3 Å². The summed E-state index contributed by atoms with van der Waals surface area (Å²) in [5, 5.41) is 6.89. The van der Waals surface area contributed by atoms with Crippen LogP contribution in [0, 0.1) is 17.3 Å². The van der Waals surface area contributed by atoms with Crippen molar-refractivity contribution in [1.82, 2.24) is 4.90 Å². The molecular weight excluding hydrogens is 581 g/mol. The first-order valence-corrected chi connectivity index (χ1v) is 18.1. The van der Waals surface area contributed by atoms with Gasteiger partial charge in [0, 0.05) is 37.4 Å². The fraction of sp³-hybridized carbons (Fsp3) is 0.750. The minimum absolute atomic E-state index is 0.228. The first-order valence-electron chi connectivity index (χ1n) is 17.1. The Kier molecular flexibility index (Phi) is 14.9. The van der Waals surface area contributed by atoms with Gasteiger partial charge in [-0.1, -0.05) is 32.9 Å². The molecule has 9 heteroatoms. The average Bonchev–Trinajstić information content (AvgIpc) is 3.36. The molecule has 45 heavy (non-hydrogen) atoms. The number of thioether (sulfide) groups is 1. The molecule has 5 unspecified atom stereocenters. The van der Waals surface area contributed by atoms with Gasteiger partial charge in [0.05, 0.1) is 6.10 Å². The maximum Gasteiger partial charge on any atom is 0.290 e. The van der Waals surface area contributed by atoms with E-state index in [0.717, 1.165) is 48.8 Å². The number of fused-ring (bicyclic) bond motifs is 5. The van der Waals surface area contributed by atoms with Crippen LogP contribution < -0.4 is 4.90 Å². The summed E-state index contributed by atoms with van der Waals surface area (Å²) in [6.45, 7) is 10.6. The molecule has 1 aromatic carbocycles. The Morgan fingerprint density at radius 2 is 1.89 bits per heavy atom. The molecule has 3 aliphatic carbocycles. The van der Waals surface area contributed by atoms with E-state index in [1.165, 1.54) is 75.0 Å². The van der Waals surface area contributed by atoms with Crippen molar-refractivity contribution in [2.24, 2.45) is 17.3 Å². The Morgan fingerprint density at radius 1 is 1.20 bits per heavy atom. The number of hydrogen-bond donors (Lipinski definition) is 1. The predicted molar refractivity (Wildman–Crippen MR) is 191 cm³/mol. The topological polar surface area (TPSA) is 53.0 Å². The largest absolute Gasteiger partial charge is 0.483 e. The summed E-state index contributed by atoms with van der Waals surface area (Å²) in [4.78, 5) is 14.6. The lowest BCUT2D eigenvalue weighted by atomic mass is 9.55. The zero-order chi connectivity index (χ0) is 33.2. The molecule has 5 atom stereocenters. The fourth-order valence-electron chi connectivity index (χ4n) is 8.56. The summed E-state index contributed by atoms with van der Waals surface area (Å²) in [6, 6.07) is 8.27. The summed E-state index contributed by atoms with van der Waals surface area (Å²) in [5.41, 5.74) is 3.25. The number of methoxy groups -OCH3 is 1. The number of carbonyl (C=O) groups is 1. The molecule has 0 amide bonds. The van der Waals surface area contributed by atoms with Gasteiger partial charge in [-0.05, 0) is 142 Å². The van der Waals surface area contributed by atoms with Crippen molar-refractivity contribution in [3.05, 3.63) is 40.8 Å². The van der Waals surface area contributed by atoms with E-state index in [0.29, 0.717) is 11.5 Å². The summed E-state index contributed by atoms with van der Waals surface area (Å²) in [5.74, 6) is 3.51. The number of benzene rings is 1. The van der Waals surface area contributed by atoms with Crippen molar-refractivity contribution in [2.45, 2.75) is 114 Å². The molecule has 1 saturated heterocycles. The second kappa shape index (κ2) is 17.6. The molecule has 5 nitrogen and oxygen atoms in total. The minimum atomic E-state index is -1.99. The van der Waals surface area contributed by atoms with Crippen molar-refractivity contribution >= 4 is 39.6 Å². The van der Waals surface area contributed by atoms with Crippen molar-refractivity contribution in [2.75, 3.05) is 44.9 Å². The Balaban J connectivity index is 0.000000292. The smallest absolute Gasteiger partial charge is 0.290 e. The van der Waals surface area contributed by atoms with Gasteiger partial charge in [-0.3, -0.25) is 9.18 Å². The SMILES string of the molecule is COC1CCC2C3CCc4cc(N5CCC(N(C)C)CC5)ccc4C3CCC12C.O=CO.[B]C([B])(F)CCCCSC(=C)CC. The highest BCUT2D eigenvalue weighted by atomic mass is 32.2. The van der Waals surface area contributed by atoms with Crippen molar-refractivity contribution in [3.63, 3.8) is 0 Å². The average molecular weight is 639 g/mol. The number of hydrogen-bond acceptors (Lipinski definition) is 5. The number of alkyl halides is 1. The molecule has 1 aromatic rings. The summed E-state index contributed by atoms with van der Waals surface area (Å²) in [7, 11) is 16.4. The van der Waals surface area contributed by atoms with Gasteiger partial charge in [0.25, 0.3) is 6.47 Å². The molecule has 1 heterocycles. The first kappa shape index (κ1) is 38.0. The Hall–Kier alpha value is -1.44. The summed E-state index contributed by atoms with van der Waals surface area (Å²) in [6.07, 6.45) is 14.0. The lowest BCUT2D eigenvalue weighted by molar-refractivity contribution is -0.122. The zero-order valence-electron chi connectivity index (χ0n) is 28.6. The Labute approximate surface area is 280 Å². The maximum absolute atomic E-state index is 12.6. The number of unbranched alkanes of at least 4 members (excludes halogenated alkanes) is 1. The number of ether oxygens (including phenoxy) is 1. The number of aryl methyl sites for hydroxylation is 1. The summed E-state index contributed by atoms with van der Waals surface area (Å²) >= 11 is 1.73. The quantitative estimate of drug-likeness (QED) is 0.162. The van der Waals surface area contributed by atoms with E-state index < -0.39 is 5.47 Å². The molecule has 1 N–H and O–H groups in total. The molecule has 1 aliphatic heterocycles. The highest BCUT2D eigenvalue weighted by Gasteiger charge is 2.55. The van der Waals surface area contributed by atoms with Crippen molar-refractivity contribution in [3.8, 4) is 0 Å². The lowest BCUT2D eigenvalue weighted by Gasteiger charge is -2.50. The van der Waals surface area contributed by atoms with Crippen molar-refractivity contribution < 1.29 is 19.0 Å². The molecular formula is C36H57B2FN2O3S. The molecule has 0 bridgehead atoms. The molecule has 0 spiro atoms. The van der Waals surface area contributed by atoms with E-state index in [1.54, 1.807) is 22.9 Å². The van der Waals surface area contributed by atoms with Crippen LogP contribution in [0.2, 0.25) is 0 Å². The van der Waals surface area contributed by atoms with Crippen molar-refractivity contribution in [1.29, 1.82) is 0 Å². The van der Waals surface area contributed by atoms with Gasteiger partial charge in [-0.15, -0.1) is 11.8 Å². The molecule has 0 aromatic heterocycles. The molecule has 4 radical (unpaired) electrons. The van der Waals surface area contributed by atoms with Gasteiger partial charge in [0.2, 0.25) is 0 Å². The van der Waals surface area contributed by atoms with Crippen LogP contribution in [0.5, 0.6) is 0 Å². The molecule has 5 rings (SSSR count). The number of allylic oxidation sites excluding steroid dienone is 1.